The lowest BCUT2D eigenvalue weighted by atomic mass is 9.67. The zero-order valence-corrected chi connectivity index (χ0v) is 11.1. The van der Waals surface area contributed by atoms with Gasteiger partial charge in [-0.15, -0.1) is 0 Å². The van der Waals surface area contributed by atoms with Crippen molar-refractivity contribution in [2.45, 2.75) is 45.4 Å². The first-order valence-electron chi connectivity index (χ1n) is 6.91. The van der Waals surface area contributed by atoms with E-state index >= 15 is 0 Å². The molecular formula is C13H23N3O2. The van der Waals surface area contributed by atoms with Gasteiger partial charge in [0.2, 0.25) is 5.91 Å². The molecule has 102 valence electrons. The third-order valence-electron chi connectivity index (χ3n) is 4.48. The van der Waals surface area contributed by atoms with E-state index in [1.807, 2.05) is 4.90 Å². The van der Waals surface area contributed by atoms with Gasteiger partial charge < -0.3 is 15.8 Å². The topological polar surface area (TPSA) is 78.9 Å². The van der Waals surface area contributed by atoms with Crippen LogP contribution in [-0.4, -0.2) is 34.9 Å². The average Bonchev–Trinajstić information content (AvgIpc) is 2.76. The van der Waals surface area contributed by atoms with Gasteiger partial charge in [0.1, 0.15) is 5.41 Å². The lowest BCUT2D eigenvalue weighted by Gasteiger charge is -2.41. The minimum absolute atomic E-state index is 0.0719. The number of amidine groups is 1. The highest BCUT2D eigenvalue weighted by molar-refractivity contribution is 6.07. The fourth-order valence-corrected chi connectivity index (χ4v) is 3.17. The molecule has 1 unspecified atom stereocenters. The molecule has 2 aliphatic rings. The molecule has 5 nitrogen and oxygen atoms in total. The number of carbonyl (C=O) groups is 1. The number of likely N-dealkylation sites (tertiary alicyclic amines) is 1. The summed E-state index contributed by atoms with van der Waals surface area (Å²) in [5.74, 6) is 0.795. The largest absolute Gasteiger partial charge is 0.409 e. The van der Waals surface area contributed by atoms with Crippen LogP contribution in [-0.2, 0) is 4.79 Å². The maximum absolute atomic E-state index is 12.6. The molecule has 1 aliphatic heterocycles. The molecule has 0 aromatic carbocycles. The number of nitrogens with two attached hydrogens (primary N) is 1. The molecule has 1 saturated carbocycles. The molecule has 5 heteroatoms. The van der Waals surface area contributed by atoms with Gasteiger partial charge in [0.25, 0.3) is 0 Å². The Labute approximate surface area is 108 Å². The highest BCUT2D eigenvalue weighted by Crippen LogP contribution is 2.43. The third-order valence-corrected chi connectivity index (χ3v) is 4.48. The molecule has 3 N–H and O–H groups in total. The molecule has 18 heavy (non-hydrogen) atoms. The van der Waals surface area contributed by atoms with E-state index in [1.165, 1.54) is 6.42 Å². The number of amides is 1. The molecule has 1 saturated heterocycles. The monoisotopic (exact) mass is 253 g/mol. The van der Waals surface area contributed by atoms with Gasteiger partial charge in [0.05, 0.1) is 0 Å². The van der Waals surface area contributed by atoms with Gasteiger partial charge in [-0.2, -0.15) is 0 Å². The van der Waals surface area contributed by atoms with Crippen LogP contribution in [0.15, 0.2) is 5.16 Å². The third kappa shape index (κ3) is 2.06. The van der Waals surface area contributed by atoms with Crippen molar-refractivity contribution >= 4 is 11.7 Å². The van der Waals surface area contributed by atoms with Crippen molar-refractivity contribution in [1.29, 1.82) is 0 Å². The van der Waals surface area contributed by atoms with Crippen LogP contribution in [0.25, 0.3) is 0 Å². The number of oxime groups is 1. The van der Waals surface area contributed by atoms with Crippen LogP contribution in [0.4, 0.5) is 0 Å². The summed E-state index contributed by atoms with van der Waals surface area (Å²) in [6.07, 6.45) is 5.85. The van der Waals surface area contributed by atoms with E-state index in [-0.39, 0.29) is 11.7 Å². The van der Waals surface area contributed by atoms with Crippen LogP contribution in [0.3, 0.4) is 0 Å². The first-order valence-corrected chi connectivity index (χ1v) is 6.91. The molecule has 1 amide bonds. The SMILES string of the molecule is CCCC1CCN(C(=O)C2(C(N)=NO)CCC2)C1. The maximum Gasteiger partial charge on any atom is 0.236 e. The zero-order valence-electron chi connectivity index (χ0n) is 11.1. The van der Waals surface area contributed by atoms with E-state index in [4.69, 9.17) is 10.9 Å². The summed E-state index contributed by atoms with van der Waals surface area (Å²) < 4.78 is 0. The van der Waals surface area contributed by atoms with Crippen LogP contribution < -0.4 is 5.73 Å². The summed E-state index contributed by atoms with van der Waals surface area (Å²) in [6, 6.07) is 0. The average molecular weight is 253 g/mol. The van der Waals surface area contributed by atoms with Crippen LogP contribution in [0, 0.1) is 11.3 Å². The van der Waals surface area contributed by atoms with E-state index < -0.39 is 5.41 Å². The summed E-state index contributed by atoms with van der Waals surface area (Å²) in [4.78, 5) is 14.5. The Morgan fingerprint density at radius 1 is 1.56 bits per heavy atom. The van der Waals surface area contributed by atoms with Crippen molar-refractivity contribution < 1.29 is 10.0 Å². The van der Waals surface area contributed by atoms with Gasteiger partial charge in [-0.25, -0.2) is 0 Å². The smallest absolute Gasteiger partial charge is 0.236 e. The number of carbonyl (C=O) groups excluding carboxylic acids is 1. The predicted molar refractivity (Wildman–Crippen MR) is 69.3 cm³/mol. The van der Waals surface area contributed by atoms with Gasteiger partial charge in [-0.1, -0.05) is 24.9 Å². The van der Waals surface area contributed by atoms with Gasteiger partial charge in [-0.3, -0.25) is 4.79 Å². The summed E-state index contributed by atoms with van der Waals surface area (Å²) in [7, 11) is 0. The second-order valence-corrected chi connectivity index (χ2v) is 5.62. The van der Waals surface area contributed by atoms with Crippen LogP contribution in [0.1, 0.15) is 45.4 Å². The molecule has 1 heterocycles. The van der Waals surface area contributed by atoms with Gasteiger partial charge in [-0.05, 0) is 31.6 Å². The standard InChI is InChI=1S/C13H23N3O2/c1-2-4-10-5-8-16(9-10)12(17)13(6-3-7-13)11(14)15-18/h10,18H,2-9H2,1H3,(H2,14,15). The molecule has 0 spiro atoms. The molecule has 2 rings (SSSR count). The summed E-state index contributed by atoms with van der Waals surface area (Å²) >= 11 is 0. The van der Waals surface area contributed by atoms with Crippen molar-refractivity contribution in [3.63, 3.8) is 0 Å². The van der Waals surface area contributed by atoms with Gasteiger partial charge >= 0.3 is 0 Å². The zero-order chi connectivity index (χ0) is 13.2. The number of rotatable bonds is 4. The molecule has 0 aromatic rings. The lowest BCUT2D eigenvalue weighted by molar-refractivity contribution is -0.141. The van der Waals surface area contributed by atoms with E-state index in [0.29, 0.717) is 5.92 Å². The Bertz CT molecular complexity index is 350. The van der Waals surface area contributed by atoms with Crippen LogP contribution >= 0.6 is 0 Å². The van der Waals surface area contributed by atoms with Crippen LogP contribution in [0.5, 0.6) is 0 Å². The lowest BCUT2D eigenvalue weighted by Crippen LogP contribution is -2.54. The highest BCUT2D eigenvalue weighted by atomic mass is 16.4. The normalized spacial score (nSPS) is 27.1. The second-order valence-electron chi connectivity index (χ2n) is 5.62. The minimum atomic E-state index is -0.699. The van der Waals surface area contributed by atoms with Crippen molar-refractivity contribution in [3.8, 4) is 0 Å². The molecular weight excluding hydrogens is 230 g/mol. The maximum atomic E-state index is 12.6. The molecule has 0 aromatic heterocycles. The number of hydrogen-bond donors (Lipinski definition) is 2. The fourth-order valence-electron chi connectivity index (χ4n) is 3.17. The van der Waals surface area contributed by atoms with Crippen molar-refractivity contribution in [3.05, 3.63) is 0 Å². The Balaban J connectivity index is 2.03. The summed E-state index contributed by atoms with van der Waals surface area (Å²) in [5.41, 5.74) is 5.03. The van der Waals surface area contributed by atoms with E-state index in [0.717, 1.165) is 45.2 Å². The second kappa shape index (κ2) is 5.16. The minimum Gasteiger partial charge on any atom is -0.409 e. The van der Waals surface area contributed by atoms with Gasteiger partial charge in [0.15, 0.2) is 5.84 Å². The van der Waals surface area contributed by atoms with Gasteiger partial charge in [0, 0.05) is 13.1 Å². The summed E-state index contributed by atoms with van der Waals surface area (Å²) in [5, 5.41) is 11.9. The highest BCUT2D eigenvalue weighted by Gasteiger charge is 2.51. The Morgan fingerprint density at radius 3 is 2.78 bits per heavy atom. The molecule has 1 aliphatic carbocycles. The van der Waals surface area contributed by atoms with E-state index in [1.54, 1.807) is 0 Å². The number of hydrogen-bond acceptors (Lipinski definition) is 3. The Morgan fingerprint density at radius 2 is 2.28 bits per heavy atom. The predicted octanol–water partition coefficient (Wildman–Crippen LogP) is 1.55. The molecule has 0 radical (unpaired) electrons. The molecule has 0 bridgehead atoms. The molecule has 1 atom stereocenters. The molecule has 2 fully saturated rings. The first kappa shape index (κ1) is 13.2. The van der Waals surface area contributed by atoms with E-state index in [2.05, 4.69) is 12.1 Å². The quantitative estimate of drug-likeness (QED) is 0.345. The summed E-state index contributed by atoms with van der Waals surface area (Å²) in [6.45, 7) is 3.84. The van der Waals surface area contributed by atoms with Crippen LogP contribution in [0.2, 0.25) is 0 Å². The number of nitrogens with zero attached hydrogens (tertiary/aromatic N) is 2. The Hall–Kier alpha value is -1.26. The van der Waals surface area contributed by atoms with Crippen molar-refractivity contribution in [2.24, 2.45) is 22.2 Å². The Kier molecular flexibility index (Phi) is 3.78. The first-order chi connectivity index (χ1) is 8.64. The van der Waals surface area contributed by atoms with Crippen molar-refractivity contribution in [1.82, 2.24) is 4.90 Å². The fraction of sp³-hybridized carbons (Fsp3) is 0.846. The van der Waals surface area contributed by atoms with E-state index in [9.17, 15) is 4.79 Å². The van der Waals surface area contributed by atoms with Crippen molar-refractivity contribution in [2.75, 3.05) is 13.1 Å².